The number of hydrogen-bond donors (Lipinski definition) is 0. The van der Waals surface area contributed by atoms with Crippen molar-refractivity contribution in [1.29, 1.82) is 0 Å². The first-order valence-corrected chi connectivity index (χ1v) is 16.4. The Hall–Kier alpha value is -1.09. The predicted octanol–water partition coefficient (Wildman–Crippen LogP) is 10.6. The van der Waals surface area contributed by atoms with Gasteiger partial charge in [0, 0.05) is 5.57 Å². The van der Waals surface area contributed by atoms with Gasteiger partial charge in [0.2, 0.25) is 0 Å². The van der Waals surface area contributed by atoms with E-state index in [4.69, 9.17) is 9.47 Å². The highest BCUT2D eigenvalue weighted by Crippen LogP contribution is 2.31. The van der Waals surface area contributed by atoms with Crippen molar-refractivity contribution in [3.05, 3.63) is 23.8 Å². The van der Waals surface area contributed by atoms with Crippen LogP contribution in [0.4, 0.5) is 0 Å². The van der Waals surface area contributed by atoms with Crippen molar-refractivity contribution in [1.82, 2.24) is 0 Å². The molecule has 0 aromatic carbocycles. The third-order valence-corrected chi connectivity index (χ3v) is 8.12. The largest absolute Gasteiger partial charge is 0.455 e. The second-order valence-corrected chi connectivity index (χ2v) is 11.8. The van der Waals surface area contributed by atoms with Gasteiger partial charge in [-0.1, -0.05) is 128 Å². The molecule has 1 fully saturated rings. The number of esters is 1. The van der Waals surface area contributed by atoms with E-state index in [2.05, 4.69) is 19.1 Å². The predicted molar refractivity (Wildman–Crippen MR) is 158 cm³/mol. The molecular weight excluding hydrogens is 456 g/mol. The summed E-state index contributed by atoms with van der Waals surface area (Å²) in [6.45, 7) is 4.22. The molecule has 2 aliphatic rings. The van der Waals surface area contributed by atoms with E-state index in [1.165, 1.54) is 141 Å². The highest BCUT2D eigenvalue weighted by Gasteiger charge is 2.36. The zero-order valence-corrected chi connectivity index (χ0v) is 24.7. The summed E-state index contributed by atoms with van der Waals surface area (Å²) in [6, 6.07) is 0. The first kappa shape index (κ1) is 32.1. The molecule has 2 aliphatic heterocycles. The van der Waals surface area contributed by atoms with Gasteiger partial charge in [-0.05, 0) is 57.9 Å². The third-order valence-electron chi connectivity index (χ3n) is 8.12. The van der Waals surface area contributed by atoms with E-state index in [-0.39, 0.29) is 12.1 Å². The SMILES string of the molecule is CCCCCCCCCCCC/C=C\CC[C@H]1O[C@H]1CCCCCCCCCCCC1=C[C@H](C)OC1=O. The molecule has 0 radical (unpaired) electrons. The van der Waals surface area contributed by atoms with Gasteiger partial charge in [-0.25, -0.2) is 4.79 Å². The van der Waals surface area contributed by atoms with E-state index in [9.17, 15) is 4.79 Å². The van der Waals surface area contributed by atoms with Crippen LogP contribution in [0.15, 0.2) is 23.8 Å². The second-order valence-electron chi connectivity index (χ2n) is 11.8. The fourth-order valence-corrected chi connectivity index (χ4v) is 5.65. The highest BCUT2D eigenvalue weighted by atomic mass is 16.6. The molecule has 3 heteroatoms. The van der Waals surface area contributed by atoms with Crippen molar-refractivity contribution in [2.24, 2.45) is 0 Å². The number of ether oxygens (including phenoxy) is 2. The molecule has 0 aliphatic carbocycles. The van der Waals surface area contributed by atoms with Crippen molar-refractivity contribution in [3.63, 3.8) is 0 Å². The fourth-order valence-electron chi connectivity index (χ4n) is 5.65. The Balaban J connectivity index is 1.24. The van der Waals surface area contributed by atoms with Gasteiger partial charge in [0.1, 0.15) is 6.10 Å². The minimum atomic E-state index is -0.0953. The van der Waals surface area contributed by atoms with E-state index >= 15 is 0 Å². The molecule has 2 rings (SSSR count). The lowest BCUT2D eigenvalue weighted by Gasteiger charge is -2.03. The summed E-state index contributed by atoms with van der Waals surface area (Å²) in [4.78, 5) is 11.6. The van der Waals surface area contributed by atoms with Gasteiger partial charge in [-0.15, -0.1) is 0 Å². The van der Waals surface area contributed by atoms with Crippen molar-refractivity contribution in [2.45, 2.75) is 186 Å². The van der Waals surface area contributed by atoms with Crippen LogP contribution in [0.1, 0.15) is 168 Å². The molecule has 214 valence electrons. The monoisotopic (exact) mass is 516 g/mol. The number of unbranched alkanes of at least 4 members (excludes halogenated alkanes) is 18. The smallest absolute Gasteiger partial charge is 0.334 e. The molecule has 0 saturated carbocycles. The Labute approximate surface area is 230 Å². The van der Waals surface area contributed by atoms with Crippen LogP contribution in [0.2, 0.25) is 0 Å². The van der Waals surface area contributed by atoms with Crippen LogP contribution in [0.5, 0.6) is 0 Å². The van der Waals surface area contributed by atoms with E-state index in [1.54, 1.807) is 0 Å². The maximum atomic E-state index is 11.6. The van der Waals surface area contributed by atoms with Gasteiger partial charge in [0.15, 0.2) is 0 Å². The van der Waals surface area contributed by atoms with Gasteiger partial charge in [-0.2, -0.15) is 0 Å². The topological polar surface area (TPSA) is 38.8 Å². The lowest BCUT2D eigenvalue weighted by Crippen LogP contribution is -2.03. The average Bonchev–Trinajstić information content (AvgIpc) is 3.55. The van der Waals surface area contributed by atoms with E-state index in [0.717, 1.165) is 18.4 Å². The quantitative estimate of drug-likeness (QED) is 0.0496. The lowest BCUT2D eigenvalue weighted by molar-refractivity contribution is -0.139. The summed E-state index contributed by atoms with van der Waals surface area (Å²) in [5.74, 6) is -0.0953. The lowest BCUT2D eigenvalue weighted by atomic mass is 10.0. The molecule has 2 heterocycles. The molecule has 0 bridgehead atoms. The fraction of sp³-hybridized carbons (Fsp3) is 0.853. The molecule has 0 aromatic rings. The minimum Gasteiger partial charge on any atom is -0.455 e. The molecule has 3 nitrogen and oxygen atoms in total. The van der Waals surface area contributed by atoms with E-state index in [1.807, 2.05) is 13.0 Å². The van der Waals surface area contributed by atoms with Crippen LogP contribution in [0, 0.1) is 0 Å². The van der Waals surface area contributed by atoms with Gasteiger partial charge in [-0.3, -0.25) is 0 Å². The Morgan fingerprint density at radius 3 is 1.76 bits per heavy atom. The molecule has 0 aromatic heterocycles. The summed E-state index contributed by atoms with van der Waals surface area (Å²) in [6.07, 6.45) is 39.7. The molecular formula is C34H60O3. The molecule has 3 atom stereocenters. The zero-order chi connectivity index (χ0) is 26.4. The zero-order valence-electron chi connectivity index (χ0n) is 24.7. The first-order valence-electron chi connectivity index (χ1n) is 16.4. The third kappa shape index (κ3) is 17.2. The molecule has 0 amide bonds. The van der Waals surface area contributed by atoms with E-state index in [0.29, 0.717) is 12.2 Å². The number of epoxide rings is 1. The number of rotatable bonds is 26. The molecule has 0 spiro atoms. The number of allylic oxidation sites excluding steroid dienone is 2. The molecule has 0 unspecified atom stereocenters. The summed E-state index contributed by atoms with van der Waals surface area (Å²) in [5, 5.41) is 0. The number of carbonyl (C=O) groups excluding carboxylic acids is 1. The average molecular weight is 517 g/mol. The van der Waals surface area contributed by atoms with Crippen molar-refractivity contribution in [2.75, 3.05) is 0 Å². The standard InChI is InChI=1S/C34H60O3/c1-3-4-5-6-7-8-9-10-11-12-15-18-21-24-27-32-33(37-32)28-25-22-19-16-13-14-17-20-23-26-31-29-30(2)36-34(31)35/h18,21,29-30,32-33H,3-17,19-20,22-28H2,1-2H3/b21-18-/t30-,32+,33-/m0/s1. The number of hydrogen-bond acceptors (Lipinski definition) is 3. The maximum Gasteiger partial charge on any atom is 0.334 e. The van der Waals surface area contributed by atoms with Crippen LogP contribution in [0.3, 0.4) is 0 Å². The minimum absolute atomic E-state index is 0.0223. The normalized spacial score (nSPS) is 21.1. The molecule has 37 heavy (non-hydrogen) atoms. The highest BCUT2D eigenvalue weighted by molar-refractivity contribution is 5.90. The Morgan fingerprint density at radius 2 is 1.16 bits per heavy atom. The number of carbonyl (C=O) groups is 1. The van der Waals surface area contributed by atoms with Gasteiger partial charge in [0.05, 0.1) is 12.2 Å². The summed E-state index contributed by atoms with van der Waals surface area (Å²) in [5.41, 5.74) is 0.894. The maximum absolute atomic E-state index is 11.6. The van der Waals surface area contributed by atoms with Crippen LogP contribution < -0.4 is 0 Å². The Kier molecular flexibility index (Phi) is 18.9. The van der Waals surface area contributed by atoms with Gasteiger partial charge >= 0.3 is 5.97 Å². The van der Waals surface area contributed by atoms with Crippen molar-refractivity contribution in [3.8, 4) is 0 Å². The summed E-state index contributed by atoms with van der Waals surface area (Å²) in [7, 11) is 0. The van der Waals surface area contributed by atoms with Crippen molar-refractivity contribution >= 4 is 5.97 Å². The first-order chi connectivity index (χ1) is 18.2. The van der Waals surface area contributed by atoms with Gasteiger partial charge in [0.25, 0.3) is 0 Å². The molecule has 1 saturated heterocycles. The van der Waals surface area contributed by atoms with Crippen molar-refractivity contribution < 1.29 is 14.3 Å². The van der Waals surface area contributed by atoms with Crippen LogP contribution in [-0.2, 0) is 14.3 Å². The van der Waals surface area contributed by atoms with Crippen LogP contribution >= 0.6 is 0 Å². The summed E-state index contributed by atoms with van der Waals surface area (Å²) < 4.78 is 11.0. The molecule has 0 N–H and O–H groups in total. The van der Waals surface area contributed by atoms with Gasteiger partial charge < -0.3 is 9.47 Å². The second kappa shape index (κ2) is 21.8. The van der Waals surface area contributed by atoms with Crippen LogP contribution in [0.25, 0.3) is 0 Å². The summed E-state index contributed by atoms with van der Waals surface area (Å²) >= 11 is 0. The van der Waals surface area contributed by atoms with Crippen LogP contribution in [-0.4, -0.2) is 24.3 Å². The number of cyclic esters (lactones) is 1. The Morgan fingerprint density at radius 1 is 0.649 bits per heavy atom. The van der Waals surface area contributed by atoms with E-state index < -0.39 is 0 Å². The Bertz CT molecular complexity index is 623.